The fraction of sp³-hybridized carbons (Fsp3) is 0.857. The highest BCUT2D eigenvalue weighted by Crippen LogP contribution is 2.38. The maximum absolute atomic E-state index is 12.7. The first-order chi connectivity index (χ1) is 28.1. The average molecular weight is 840 g/mol. The lowest BCUT2D eigenvalue weighted by Gasteiger charge is -2.28. The predicted octanol–water partition coefficient (Wildman–Crippen LogP) is 13.9. The molecule has 0 fully saturated rings. The van der Waals surface area contributed by atoms with Gasteiger partial charge in [-0.2, -0.15) is 0 Å². The highest BCUT2D eigenvalue weighted by molar-refractivity contribution is 7.45. The predicted molar refractivity (Wildman–Crippen MR) is 245 cm³/mol. The molecule has 0 rings (SSSR count). The van der Waals surface area contributed by atoms with Crippen molar-refractivity contribution < 1.29 is 37.3 Å². The van der Waals surface area contributed by atoms with E-state index in [9.17, 15) is 14.3 Å². The molecule has 0 aliphatic rings. The number of nitrogens with zero attached hydrogens (tertiary/aromatic N) is 1. The minimum Gasteiger partial charge on any atom is -0.756 e. The minimum absolute atomic E-state index is 0.0242. The highest BCUT2D eigenvalue weighted by atomic mass is 31.2. The van der Waals surface area contributed by atoms with Gasteiger partial charge in [0.15, 0.2) is 0 Å². The molecule has 58 heavy (non-hydrogen) atoms. The van der Waals surface area contributed by atoms with E-state index in [0.717, 1.165) is 57.8 Å². The molecule has 9 heteroatoms. The third kappa shape index (κ3) is 45.8. The van der Waals surface area contributed by atoms with Crippen LogP contribution in [0.1, 0.15) is 213 Å². The zero-order valence-corrected chi connectivity index (χ0v) is 39.6. The van der Waals surface area contributed by atoms with Gasteiger partial charge in [0.05, 0.1) is 34.4 Å². The Labute approximate surface area is 359 Å². The Morgan fingerprint density at radius 2 is 0.948 bits per heavy atom. The number of phosphoric acid groups is 1. The SMILES string of the molecule is CCCCCCC/C=C\C/C=C\C/C=C\CCCCCCCCC(=O)OC(COCCCCCCCCCCCCCCCCC)COP(=O)([O-])OCC[N+](C)(C)C. The van der Waals surface area contributed by atoms with Crippen molar-refractivity contribution in [2.24, 2.45) is 0 Å². The number of phosphoric ester groups is 1. The lowest BCUT2D eigenvalue weighted by Crippen LogP contribution is -2.37. The van der Waals surface area contributed by atoms with Gasteiger partial charge in [0, 0.05) is 13.0 Å². The Morgan fingerprint density at radius 3 is 1.41 bits per heavy atom. The van der Waals surface area contributed by atoms with Gasteiger partial charge in [0.1, 0.15) is 19.3 Å². The summed E-state index contributed by atoms with van der Waals surface area (Å²) in [5, 5.41) is 0. The van der Waals surface area contributed by atoms with Crippen LogP contribution in [0.25, 0.3) is 0 Å². The lowest BCUT2D eigenvalue weighted by atomic mass is 10.0. The molecule has 0 aromatic carbocycles. The molecule has 0 N–H and O–H groups in total. The van der Waals surface area contributed by atoms with Crippen molar-refractivity contribution in [2.45, 2.75) is 219 Å². The van der Waals surface area contributed by atoms with E-state index in [1.165, 1.54) is 135 Å². The molecule has 0 aliphatic heterocycles. The molecule has 0 aromatic heterocycles. The third-order valence-electron chi connectivity index (χ3n) is 10.4. The Morgan fingerprint density at radius 1 is 0.534 bits per heavy atom. The van der Waals surface area contributed by atoms with Crippen molar-refractivity contribution >= 4 is 13.8 Å². The number of unbranched alkanes of at least 4 members (excludes halogenated alkanes) is 25. The zero-order valence-electron chi connectivity index (χ0n) is 38.7. The standard InChI is InChI=1S/C49H94NO7P/c1-6-8-10-12-14-16-18-20-22-23-24-25-26-27-28-30-32-34-36-38-40-42-49(51)57-48(47-56-58(52,53)55-45-43-50(3,4)5)46-54-44-41-39-37-35-33-31-29-21-19-17-15-13-11-9-7-2/h18,20,23-24,26-27,48H,6-17,19,21-22,25,28-47H2,1-5H3/b20-18-,24-23-,27-26-. The van der Waals surface area contributed by atoms with Crippen LogP contribution in [0.2, 0.25) is 0 Å². The molecule has 8 nitrogen and oxygen atoms in total. The van der Waals surface area contributed by atoms with Crippen LogP contribution in [-0.4, -0.2) is 70.7 Å². The van der Waals surface area contributed by atoms with Crippen molar-refractivity contribution in [2.75, 3.05) is 54.1 Å². The van der Waals surface area contributed by atoms with Crippen LogP contribution in [0.4, 0.5) is 0 Å². The summed E-state index contributed by atoms with van der Waals surface area (Å²) in [5.74, 6) is -0.344. The first-order valence-corrected chi connectivity index (χ1v) is 25.7. The highest BCUT2D eigenvalue weighted by Gasteiger charge is 2.20. The van der Waals surface area contributed by atoms with Crippen LogP contribution >= 0.6 is 7.82 Å². The van der Waals surface area contributed by atoms with E-state index in [1.54, 1.807) is 0 Å². The Balaban J connectivity index is 4.20. The maximum Gasteiger partial charge on any atom is 0.306 e. The molecule has 0 aromatic rings. The summed E-state index contributed by atoms with van der Waals surface area (Å²) >= 11 is 0. The van der Waals surface area contributed by atoms with Gasteiger partial charge >= 0.3 is 5.97 Å². The second kappa shape index (κ2) is 42.4. The Hall–Kier alpha value is -1.28. The molecule has 0 radical (unpaired) electrons. The monoisotopic (exact) mass is 840 g/mol. The number of likely N-dealkylation sites (N-methyl/N-ethyl adjacent to an activating group) is 1. The van der Waals surface area contributed by atoms with Crippen LogP contribution in [0.3, 0.4) is 0 Å². The van der Waals surface area contributed by atoms with E-state index < -0.39 is 13.9 Å². The molecule has 0 amide bonds. The number of carbonyl (C=O) groups excluding carboxylic acids is 1. The van der Waals surface area contributed by atoms with Crippen molar-refractivity contribution in [1.29, 1.82) is 0 Å². The molecule has 2 atom stereocenters. The molecular weight excluding hydrogens is 746 g/mol. The van der Waals surface area contributed by atoms with Gasteiger partial charge in [-0.05, 0) is 51.4 Å². The third-order valence-corrected chi connectivity index (χ3v) is 11.4. The number of hydrogen-bond acceptors (Lipinski definition) is 7. The molecular formula is C49H94NO7P. The van der Waals surface area contributed by atoms with Crippen LogP contribution < -0.4 is 4.89 Å². The largest absolute Gasteiger partial charge is 0.756 e. The summed E-state index contributed by atoms with van der Waals surface area (Å²) in [7, 11) is 1.35. The fourth-order valence-electron chi connectivity index (χ4n) is 6.67. The molecule has 2 unspecified atom stereocenters. The van der Waals surface area contributed by atoms with E-state index in [0.29, 0.717) is 24.1 Å². The molecule has 0 aliphatic carbocycles. The van der Waals surface area contributed by atoms with E-state index in [2.05, 4.69) is 50.3 Å². The van der Waals surface area contributed by atoms with Crippen molar-refractivity contribution in [3.8, 4) is 0 Å². The average Bonchev–Trinajstić information content (AvgIpc) is 3.18. The molecule has 0 bridgehead atoms. The second-order valence-corrected chi connectivity index (χ2v) is 18.9. The van der Waals surface area contributed by atoms with Crippen molar-refractivity contribution in [3.63, 3.8) is 0 Å². The van der Waals surface area contributed by atoms with Gasteiger partial charge in [-0.3, -0.25) is 9.36 Å². The molecule has 0 saturated heterocycles. The van der Waals surface area contributed by atoms with Crippen LogP contribution in [0, 0.1) is 0 Å². The summed E-state index contributed by atoms with van der Waals surface area (Å²) in [6.07, 6.45) is 50.1. The first kappa shape index (κ1) is 56.7. The van der Waals surface area contributed by atoms with E-state index in [-0.39, 0.29) is 25.8 Å². The van der Waals surface area contributed by atoms with E-state index in [4.69, 9.17) is 18.5 Å². The quantitative estimate of drug-likeness (QED) is 0.0198. The van der Waals surface area contributed by atoms with Gasteiger partial charge in [-0.1, -0.05) is 192 Å². The molecule has 0 spiro atoms. The number of quaternary nitrogens is 1. The Kier molecular flexibility index (Phi) is 41.5. The van der Waals surface area contributed by atoms with Crippen LogP contribution in [0.15, 0.2) is 36.5 Å². The van der Waals surface area contributed by atoms with Gasteiger partial charge in [-0.25, -0.2) is 0 Å². The summed E-state index contributed by atoms with van der Waals surface area (Å²) in [5.41, 5.74) is 0. The maximum atomic E-state index is 12.7. The second-order valence-electron chi connectivity index (χ2n) is 17.5. The van der Waals surface area contributed by atoms with Crippen molar-refractivity contribution in [1.82, 2.24) is 0 Å². The number of rotatable bonds is 45. The summed E-state index contributed by atoms with van der Waals surface area (Å²) in [6.45, 7) is 5.41. The van der Waals surface area contributed by atoms with Crippen LogP contribution in [-0.2, 0) is 27.9 Å². The van der Waals surface area contributed by atoms with Gasteiger partial charge in [0.25, 0.3) is 7.82 Å². The molecule has 342 valence electrons. The fourth-order valence-corrected chi connectivity index (χ4v) is 7.40. The number of esters is 1. The van der Waals surface area contributed by atoms with Gasteiger partial charge in [-0.15, -0.1) is 0 Å². The normalized spacial score (nSPS) is 14.0. The minimum atomic E-state index is -4.53. The summed E-state index contributed by atoms with van der Waals surface area (Å²) < 4.78 is 34.7. The number of hydrogen-bond donors (Lipinski definition) is 0. The van der Waals surface area contributed by atoms with Gasteiger partial charge in [0.2, 0.25) is 0 Å². The molecule has 0 heterocycles. The Bertz CT molecular complexity index is 1020. The van der Waals surface area contributed by atoms with E-state index >= 15 is 0 Å². The topological polar surface area (TPSA) is 94.1 Å². The summed E-state index contributed by atoms with van der Waals surface area (Å²) in [4.78, 5) is 25.1. The number of allylic oxidation sites excluding steroid dienone is 6. The number of ether oxygens (including phenoxy) is 2. The van der Waals surface area contributed by atoms with Crippen LogP contribution in [0.5, 0.6) is 0 Å². The number of carbonyl (C=O) groups is 1. The van der Waals surface area contributed by atoms with Crippen molar-refractivity contribution in [3.05, 3.63) is 36.5 Å². The van der Waals surface area contributed by atoms with E-state index in [1.807, 2.05) is 21.1 Å². The van der Waals surface area contributed by atoms with Gasteiger partial charge < -0.3 is 27.9 Å². The smallest absolute Gasteiger partial charge is 0.306 e. The zero-order chi connectivity index (χ0) is 42.7. The first-order valence-electron chi connectivity index (χ1n) is 24.2. The lowest BCUT2D eigenvalue weighted by molar-refractivity contribution is -0.870. The molecule has 0 saturated carbocycles. The summed E-state index contributed by atoms with van der Waals surface area (Å²) in [6, 6.07) is 0.